The van der Waals surface area contributed by atoms with Crippen LogP contribution < -0.4 is 10.1 Å². The van der Waals surface area contributed by atoms with Crippen LogP contribution in [0.15, 0.2) is 42.5 Å². The number of aromatic nitrogens is 4. The first kappa shape index (κ1) is 16.3. The van der Waals surface area contributed by atoms with E-state index in [0.717, 1.165) is 34.8 Å². The van der Waals surface area contributed by atoms with E-state index < -0.39 is 0 Å². The first-order valence-corrected chi connectivity index (χ1v) is 8.51. The molecule has 7 nitrogen and oxygen atoms in total. The summed E-state index contributed by atoms with van der Waals surface area (Å²) >= 11 is 0. The number of ether oxygens (including phenoxy) is 1. The van der Waals surface area contributed by atoms with Crippen molar-refractivity contribution in [2.75, 3.05) is 5.32 Å². The van der Waals surface area contributed by atoms with Crippen molar-refractivity contribution in [3.8, 4) is 5.75 Å². The Morgan fingerprint density at radius 3 is 2.81 bits per heavy atom. The zero-order valence-electron chi connectivity index (χ0n) is 14.6. The summed E-state index contributed by atoms with van der Waals surface area (Å²) in [7, 11) is 0. The average molecular weight is 349 g/mol. The van der Waals surface area contributed by atoms with Gasteiger partial charge in [-0.1, -0.05) is 12.1 Å². The van der Waals surface area contributed by atoms with E-state index in [1.54, 1.807) is 4.68 Å². The van der Waals surface area contributed by atoms with Crippen molar-refractivity contribution in [3.63, 3.8) is 0 Å². The summed E-state index contributed by atoms with van der Waals surface area (Å²) in [5, 5.41) is 14.4. The van der Waals surface area contributed by atoms with Gasteiger partial charge in [-0.2, -0.15) is 0 Å². The number of carbonyl (C=O) groups is 1. The van der Waals surface area contributed by atoms with E-state index in [9.17, 15) is 4.79 Å². The minimum atomic E-state index is -0.137. The van der Waals surface area contributed by atoms with Crippen molar-refractivity contribution in [3.05, 3.63) is 65.0 Å². The minimum Gasteiger partial charge on any atom is -0.490 e. The number of fused-ring (bicyclic) bond motifs is 1. The maximum Gasteiger partial charge on any atom is 0.255 e. The second-order valence-electron chi connectivity index (χ2n) is 6.49. The topological polar surface area (TPSA) is 81.9 Å². The maximum absolute atomic E-state index is 12.5. The van der Waals surface area contributed by atoms with E-state index in [2.05, 4.69) is 20.8 Å². The lowest BCUT2D eigenvalue weighted by molar-refractivity contribution is 0.102. The highest BCUT2D eigenvalue weighted by Crippen LogP contribution is 2.31. The summed E-state index contributed by atoms with van der Waals surface area (Å²) in [6.45, 7) is 4.46. The molecular weight excluding hydrogens is 330 g/mol. The molecule has 1 atom stereocenters. The molecule has 132 valence electrons. The first-order chi connectivity index (χ1) is 12.6. The molecule has 0 saturated carbocycles. The van der Waals surface area contributed by atoms with Crippen molar-refractivity contribution in [2.24, 2.45) is 0 Å². The fourth-order valence-corrected chi connectivity index (χ4v) is 3.03. The van der Waals surface area contributed by atoms with Gasteiger partial charge in [-0.25, -0.2) is 4.68 Å². The fourth-order valence-electron chi connectivity index (χ4n) is 3.03. The lowest BCUT2D eigenvalue weighted by Gasteiger charge is -2.08. The van der Waals surface area contributed by atoms with Crippen molar-refractivity contribution < 1.29 is 9.53 Å². The number of hydrogen-bond acceptors (Lipinski definition) is 5. The molecule has 0 saturated heterocycles. The maximum atomic E-state index is 12.5. The molecule has 3 aromatic rings. The fraction of sp³-hybridized carbons (Fsp3) is 0.263. The van der Waals surface area contributed by atoms with Crippen molar-refractivity contribution in [2.45, 2.75) is 32.9 Å². The van der Waals surface area contributed by atoms with Crippen LogP contribution in [0.5, 0.6) is 5.75 Å². The quantitative estimate of drug-likeness (QED) is 0.783. The third-order valence-corrected chi connectivity index (χ3v) is 4.41. The average Bonchev–Trinajstić information content (AvgIpc) is 3.19. The number of anilines is 1. The Morgan fingerprint density at radius 1 is 1.27 bits per heavy atom. The Balaban J connectivity index is 1.44. The lowest BCUT2D eigenvalue weighted by Crippen LogP contribution is -2.12. The molecular formula is C19H19N5O2. The van der Waals surface area contributed by atoms with Crippen molar-refractivity contribution >= 4 is 11.6 Å². The molecule has 0 aliphatic carbocycles. The molecule has 1 unspecified atom stereocenters. The van der Waals surface area contributed by atoms with Gasteiger partial charge in [0.05, 0.1) is 6.54 Å². The van der Waals surface area contributed by atoms with Gasteiger partial charge in [-0.3, -0.25) is 4.79 Å². The Labute approximate surface area is 151 Å². The SMILES string of the molecule is Cc1nnnn1Cc1ccc(C(=O)Nc2ccc3c(c2)CC(C)O3)cc1. The number of rotatable bonds is 4. The second-order valence-corrected chi connectivity index (χ2v) is 6.49. The standard InChI is InChI=1S/C19H19N5O2/c1-12-9-16-10-17(7-8-18(16)26-12)20-19(25)15-5-3-14(4-6-15)11-24-13(2)21-22-23-24/h3-8,10,12H,9,11H2,1-2H3,(H,20,25). The van der Waals surface area contributed by atoms with Crippen LogP contribution in [0.25, 0.3) is 0 Å². The molecule has 0 bridgehead atoms. The highest BCUT2D eigenvalue weighted by molar-refractivity contribution is 6.04. The minimum absolute atomic E-state index is 0.137. The van der Waals surface area contributed by atoms with E-state index in [1.807, 2.05) is 56.3 Å². The number of tetrazole rings is 1. The second kappa shape index (κ2) is 6.59. The summed E-state index contributed by atoms with van der Waals surface area (Å²) in [5.41, 5.74) is 3.54. The monoisotopic (exact) mass is 349 g/mol. The van der Waals surface area contributed by atoms with E-state index in [0.29, 0.717) is 12.1 Å². The van der Waals surface area contributed by atoms with Crippen LogP contribution >= 0.6 is 0 Å². The van der Waals surface area contributed by atoms with Crippen LogP contribution in [0, 0.1) is 6.92 Å². The molecule has 1 aliphatic rings. The van der Waals surface area contributed by atoms with Gasteiger partial charge in [0.15, 0.2) is 0 Å². The van der Waals surface area contributed by atoms with Crippen LogP contribution in [0.3, 0.4) is 0 Å². The Morgan fingerprint density at radius 2 is 2.08 bits per heavy atom. The number of carbonyl (C=O) groups excluding carboxylic acids is 1. The molecule has 0 spiro atoms. The first-order valence-electron chi connectivity index (χ1n) is 8.51. The Bertz CT molecular complexity index is 949. The molecule has 1 aliphatic heterocycles. The van der Waals surface area contributed by atoms with Gasteiger partial charge >= 0.3 is 0 Å². The molecule has 0 fully saturated rings. The largest absolute Gasteiger partial charge is 0.490 e. The number of nitrogens with one attached hydrogen (secondary N) is 1. The third kappa shape index (κ3) is 3.28. The van der Waals surface area contributed by atoms with E-state index in [4.69, 9.17) is 4.74 Å². The van der Waals surface area contributed by atoms with Crippen LogP contribution in [-0.2, 0) is 13.0 Å². The molecule has 1 amide bonds. The highest BCUT2D eigenvalue weighted by Gasteiger charge is 2.19. The summed E-state index contributed by atoms with van der Waals surface area (Å²) in [4.78, 5) is 12.5. The number of benzene rings is 2. The number of aryl methyl sites for hydroxylation is 1. The lowest BCUT2D eigenvalue weighted by atomic mass is 10.1. The predicted molar refractivity (Wildman–Crippen MR) is 96.3 cm³/mol. The van der Waals surface area contributed by atoms with E-state index >= 15 is 0 Å². The molecule has 7 heteroatoms. The zero-order chi connectivity index (χ0) is 18.1. The summed E-state index contributed by atoms with van der Waals surface area (Å²) < 4.78 is 7.40. The van der Waals surface area contributed by atoms with Crippen molar-refractivity contribution in [1.82, 2.24) is 20.2 Å². The summed E-state index contributed by atoms with van der Waals surface area (Å²) in [5.74, 6) is 1.52. The van der Waals surface area contributed by atoms with Crippen molar-refractivity contribution in [1.29, 1.82) is 0 Å². The molecule has 26 heavy (non-hydrogen) atoms. The molecule has 2 aromatic carbocycles. The van der Waals surface area contributed by atoms with Gasteiger partial charge < -0.3 is 10.1 Å². The van der Waals surface area contributed by atoms with Gasteiger partial charge in [0.2, 0.25) is 0 Å². The summed E-state index contributed by atoms with van der Waals surface area (Å²) in [6.07, 6.45) is 1.05. The van der Waals surface area contributed by atoms with Gasteiger partial charge in [0.1, 0.15) is 17.7 Å². The zero-order valence-corrected chi connectivity index (χ0v) is 14.6. The molecule has 4 rings (SSSR count). The predicted octanol–water partition coefficient (Wildman–Crippen LogP) is 2.61. The Kier molecular flexibility index (Phi) is 4.12. The molecule has 1 aromatic heterocycles. The van der Waals surface area contributed by atoms with Crippen LogP contribution in [-0.4, -0.2) is 32.2 Å². The van der Waals surface area contributed by atoms with Crippen LogP contribution in [0.2, 0.25) is 0 Å². The number of nitrogens with zero attached hydrogens (tertiary/aromatic N) is 4. The molecule has 0 radical (unpaired) electrons. The van der Waals surface area contributed by atoms with Gasteiger partial charge in [0.25, 0.3) is 5.91 Å². The third-order valence-electron chi connectivity index (χ3n) is 4.41. The number of amides is 1. The highest BCUT2D eigenvalue weighted by atomic mass is 16.5. The molecule has 1 N–H and O–H groups in total. The van der Waals surface area contributed by atoms with Gasteiger partial charge in [-0.15, -0.1) is 5.10 Å². The van der Waals surface area contributed by atoms with Crippen LogP contribution in [0.1, 0.15) is 34.2 Å². The van der Waals surface area contributed by atoms with Crippen LogP contribution in [0.4, 0.5) is 5.69 Å². The Hall–Kier alpha value is -3.22. The summed E-state index contributed by atoms with van der Waals surface area (Å²) in [6, 6.07) is 13.2. The van der Waals surface area contributed by atoms with E-state index in [1.165, 1.54) is 0 Å². The number of hydrogen-bond donors (Lipinski definition) is 1. The normalized spacial score (nSPS) is 15.4. The van der Waals surface area contributed by atoms with Gasteiger partial charge in [0, 0.05) is 17.7 Å². The van der Waals surface area contributed by atoms with Gasteiger partial charge in [-0.05, 0) is 65.7 Å². The van der Waals surface area contributed by atoms with E-state index in [-0.39, 0.29) is 12.0 Å². The smallest absolute Gasteiger partial charge is 0.255 e. The molecule has 2 heterocycles.